The van der Waals surface area contributed by atoms with Crippen molar-refractivity contribution in [3.63, 3.8) is 0 Å². The molecule has 0 unspecified atom stereocenters. The average Bonchev–Trinajstić information content (AvgIpc) is 2.73. The molecule has 2 amide bonds. The summed E-state index contributed by atoms with van der Waals surface area (Å²) >= 11 is 0. The Balaban J connectivity index is 1.30. The van der Waals surface area contributed by atoms with Crippen LogP contribution in [0, 0.1) is 5.92 Å². The summed E-state index contributed by atoms with van der Waals surface area (Å²) < 4.78 is 10.4. The third-order valence-corrected chi connectivity index (χ3v) is 7.16. The van der Waals surface area contributed by atoms with Gasteiger partial charge in [-0.25, -0.2) is 9.59 Å². The van der Waals surface area contributed by atoms with Gasteiger partial charge in [0.2, 0.25) is 0 Å². The van der Waals surface area contributed by atoms with Crippen LogP contribution in [0.5, 0.6) is 0 Å². The minimum absolute atomic E-state index is 0.0806. The molecule has 152 valence electrons. The highest BCUT2D eigenvalue weighted by molar-refractivity contribution is 5.69. The van der Waals surface area contributed by atoms with E-state index in [9.17, 15) is 9.59 Å². The number of amides is 2. The fourth-order valence-corrected chi connectivity index (χ4v) is 5.63. The summed E-state index contributed by atoms with van der Waals surface area (Å²) in [6.45, 7) is 4.25. The SMILES string of the molecule is COC(=O)N1CCC(N2CCC(N3C(=O)OC[C@H]4CCCC[C@@H]43)CC2)CC1. The van der Waals surface area contributed by atoms with Crippen molar-refractivity contribution in [3.8, 4) is 0 Å². The van der Waals surface area contributed by atoms with E-state index in [-0.39, 0.29) is 12.2 Å². The van der Waals surface area contributed by atoms with Crippen LogP contribution in [0.1, 0.15) is 51.4 Å². The number of nitrogens with zero attached hydrogens (tertiary/aromatic N) is 3. The molecule has 1 saturated carbocycles. The molecule has 7 nitrogen and oxygen atoms in total. The highest BCUT2D eigenvalue weighted by Crippen LogP contribution is 2.36. The maximum absolute atomic E-state index is 12.5. The van der Waals surface area contributed by atoms with Crippen LogP contribution in [0.15, 0.2) is 0 Å². The summed E-state index contributed by atoms with van der Waals surface area (Å²) in [5.41, 5.74) is 0. The van der Waals surface area contributed by atoms with E-state index in [0.29, 0.717) is 30.7 Å². The number of ether oxygens (including phenoxy) is 2. The molecule has 4 fully saturated rings. The zero-order valence-corrected chi connectivity index (χ0v) is 16.5. The van der Waals surface area contributed by atoms with Crippen LogP contribution in [-0.4, -0.2) is 84.9 Å². The van der Waals surface area contributed by atoms with E-state index < -0.39 is 0 Å². The van der Waals surface area contributed by atoms with Crippen molar-refractivity contribution in [1.29, 1.82) is 0 Å². The maximum atomic E-state index is 12.5. The number of likely N-dealkylation sites (tertiary alicyclic amines) is 2. The molecule has 1 aliphatic carbocycles. The molecular formula is C20H33N3O4. The molecule has 7 heteroatoms. The van der Waals surface area contributed by atoms with Crippen LogP contribution in [0.3, 0.4) is 0 Å². The van der Waals surface area contributed by atoms with Crippen LogP contribution in [0.4, 0.5) is 9.59 Å². The summed E-state index contributed by atoms with van der Waals surface area (Å²) in [4.78, 5) is 30.6. The van der Waals surface area contributed by atoms with Crippen molar-refractivity contribution in [2.45, 2.75) is 69.5 Å². The number of methoxy groups -OCH3 is 1. The largest absolute Gasteiger partial charge is 0.453 e. The van der Waals surface area contributed by atoms with Crippen molar-refractivity contribution < 1.29 is 19.1 Å². The Labute approximate surface area is 161 Å². The zero-order valence-electron chi connectivity index (χ0n) is 16.5. The Kier molecular flexibility index (Phi) is 5.76. The molecule has 0 aromatic rings. The summed E-state index contributed by atoms with van der Waals surface area (Å²) in [6.07, 6.45) is 8.66. The molecule has 4 rings (SSSR count). The molecule has 2 atom stereocenters. The Morgan fingerprint density at radius 1 is 0.963 bits per heavy atom. The lowest BCUT2D eigenvalue weighted by Crippen LogP contribution is -2.59. The summed E-state index contributed by atoms with van der Waals surface area (Å²) in [5.74, 6) is 0.539. The third-order valence-electron chi connectivity index (χ3n) is 7.16. The molecular weight excluding hydrogens is 346 g/mol. The summed E-state index contributed by atoms with van der Waals surface area (Å²) in [6, 6.07) is 1.28. The molecule has 0 N–H and O–H groups in total. The molecule has 0 aromatic carbocycles. The van der Waals surface area contributed by atoms with Crippen LogP contribution in [-0.2, 0) is 9.47 Å². The molecule has 0 radical (unpaired) electrons. The first-order valence-corrected chi connectivity index (χ1v) is 10.7. The standard InChI is InChI=1S/C20H33N3O4/c1-26-19(24)22-12-6-16(7-13-22)21-10-8-17(9-11-21)23-18-5-3-2-4-15(18)14-27-20(23)25/h15-18H,2-14H2,1H3/t15-,18+/m1/s1. The Hall–Kier alpha value is -1.50. The van der Waals surface area contributed by atoms with Crippen molar-refractivity contribution in [1.82, 2.24) is 14.7 Å². The number of hydrogen-bond donors (Lipinski definition) is 0. The van der Waals surface area contributed by atoms with E-state index in [2.05, 4.69) is 9.80 Å². The summed E-state index contributed by atoms with van der Waals surface area (Å²) in [7, 11) is 1.45. The Bertz CT molecular complexity index is 541. The van der Waals surface area contributed by atoms with Gasteiger partial charge in [0, 0.05) is 50.2 Å². The van der Waals surface area contributed by atoms with Gasteiger partial charge in [-0.05, 0) is 38.5 Å². The monoisotopic (exact) mass is 379 g/mol. The second-order valence-corrected chi connectivity index (χ2v) is 8.55. The second kappa shape index (κ2) is 8.25. The molecule has 4 aliphatic rings. The molecule has 3 heterocycles. The topological polar surface area (TPSA) is 62.3 Å². The van der Waals surface area contributed by atoms with Gasteiger partial charge in [-0.15, -0.1) is 0 Å². The van der Waals surface area contributed by atoms with E-state index >= 15 is 0 Å². The lowest BCUT2D eigenvalue weighted by atomic mass is 9.82. The van der Waals surface area contributed by atoms with Gasteiger partial charge < -0.3 is 24.2 Å². The van der Waals surface area contributed by atoms with Crippen LogP contribution in [0.2, 0.25) is 0 Å². The maximum Gasteiger partial charge on any atom is 0.410 e. The zero-order chi connectivity index (χ0) is 18.8. The number of carbonyl (C=O) groups excluding carboxylic acids is 2. The smallest absolute Gasteiger partial charge is 0.410 e. The third kappa shape index (κ3) is 3.89. The molecule has 3 aliphatic heterocycles. The van der Waals surface area contributed by atoms with E-state index in [1.54, 1.807) is 4.90 Å². The first-order chi connectivity index (χ1) is 13.2. The van der Waals surface area contributed by atoms with Gasteiger partial charge in [0.05, 0.1) is 13.7 Å². The highest BCUT2D eigenvalue weighted by atomic mass is 16.6. The number of fused-ring (bicyclic) bond motifs is 1. The first-order valence-electron chi connectivity index (χ1n) is 10.7. The molecule has 0 aromatic heterocycles. The van der Waals surface area contributed by atoms with Gasteiger partial charge in [0.25, 0.3) is 0 Å². The van der Waals surface area contributed by atoms with Gasteiger partial charge in [-0.2, -0.15) is 0 Å². The number of rotatable bonds is 2. The minimum Gasteiger partial charge on any atom is -0.453 e. The number of cyclic esters (lactones) is 1. The predicted molar refractivity (Wildman–Crippen MR) is 101 cm³/mol. The quantitative estimate of drug-likeness (QED) is 0.738. The van der Waals surface area contributed by atoms with E-state index in [4.69, 9.17) is 9.47 Å². The van der Waals surface area contributed by atoms with E-state index in [0.717, 1.165) is 58.3 Å². The Morgan fingerprint density at radius 2 is 1.63 bits per heavy atom. The lowest BCUT2D eigenvalue weighted by Gasteiger charge is -2.49. The number of carbonyl (C=O) groups is 2. The number of piperidine rings is 2. The minimum atomic E-state index is -0.210. The molecule has 3 saturated heterocycles. The average molecular weight is 380 g/mol. The van der Waals surface area contributed by atoms with Gasteiger partial charge in [0.1, 0.15) is 0 Å². The van der Waals surface area contributed by atoms with Crippen molar-refractivity contribution >= 4 is 12.2 Å². The van der Waals surface area contributed by atoms with Crippen LogP contribution in [0.25, 0.3) is 0 Å². The van der Waals surface area contributed by atoms with Crippen molar-refractivity contribution in [2.24, 2.45) is 5.92 Å². The van der Waals surface area contributed by atoms with Crippen molar-refractivity contribution in [3.05, 3.63) is 0 Å². The van der Waals surface area contributed by atoms with Gasteiger partial charge >= 0.3 is 12.2 Å². The number of hydrogen-bond acceptors (Lipinski definition) is 5. The first kappa shape index (κ1) is 18.8. The fourth-order valence-electron chi connectivity index (χ4n) is 5.63. The molecule has 27 heavy (non-hydrogen) atoms. The van der Waals surface area contributed by atoms with Gasteiger partial charge in [-0.3, -0.25) is 0 Å². The lowest BCUT2D eigenvalue weighted by molar-refractivity contribution is -0.0407. The van der Waals surface area contributed by atoms with E-state index in [1.165, 1.54) is 26.4 Å². The van der Waals surface area contributed by atoms with Crippen molar-refractivity contribution in [2.75, 3.05) is 39.9 Å². The highest BCUT2D eigenvalue weighted by Gasteiger charge is 2.43. The van der Waals surface area contributed by atoms with Gasteiger partial charge in [0.15, 0.2) is 0 Å². The van der Waals surface area contributed by atoms with Crippen LogP contribution < -0.4 is 0 Å². The van der Waals surface area contributed by atoms with Gasteiger partial charge in [-0.1, -0.05) is 12.8 Å². The van der Waals surface area contributed by atoms with Crippen LogP contribution >= 0.6 is 0 Å². The normalized spacial score (nSPS) is 31.4. The molecule has 0 spiro atoms. The Morgan fingerprint density at radius 3 is 2.33 bits per heavy atom. The van der Waals surface area contributed by atoms with E-state index in [1.807, 2.05) is 0 Å². The fraction of sp³-hybridized carbons (Fsp3) is 0.900. The summed E-state index contributed by atoms with van der Waals surface area (Å²) in [5, 5.41) is 0. The predicted octanol–water partition coefficient (Wildman–Crippen LogP) is 2.69. The second-order valence-electron chi connectivity index (χ2n) is 8.55. The molecule has 0 bridgehead atoms.